The van der Waals surface area contributed by atoms with Crippen LogP contribution >= 0.6 is 0 Å². The van der Waals surface area contributed by atoms with Crippen LogP contribution in [0.5, 0.6) is 0 Å². The van der Waals surface area contributed by atoms with Gasteiger partial charge in [0.1, 0.15) is 0 Å². The Kier molecular flexibility index (Phi) is 2.74. The average Bonchev–Trinajstić information content (AvgIpc) is 2.04. The zero-order valence-corrected chi connectivity index (χ0v) is 7.81. The summed E-state index contributed by atoms with van der Waals surface area (Å²) in [6.45, 7) is 0. The van der Waals surface area contributed by atoms with Crippen LogP contribution in [0.2, 0.25) is 0 Å². The second-order valence-corrected chi connectivity index (χ2v) is 2.95. The van der Waals surface area contributed by atoms with Crippen molar-refractivity contribution in [3.63, 3.8) is 0 Å². The van der Waals surface area contributed by atoms with Crippen molar-refractivity contribution in [2.24, 2.45) is 5.73 Å². The van der Waals surface area contributed by atoms with Crippen LogP contribution in [-0.4, -0.2) is 19.2 Å². The van der Waals surface area contributed by atoms with Crippen molar-refractivity contribution in [3.05, 3.63) is 30.4 Å². The fourth-order valence-electron chi connectivity index (χ4n) is 0.967. The molecular weight excluding hydrogens is 166 g/mol. The number of hydrogen-bond donors (Lipinski definition) is 2. The molecule has 0 saturated carbocycles. The third-order valence-electron chi connectivity index (χ3n) is 1.63. The first kappa shape index (κ1) is 9.38. The standard InChI is InChI=1S/C9H13N3O/c1-11(2)8-3-5-12(6-4-8)7-9(10)13/h3-7H,10H2,1-2H3/p+1/b9-7-. The topological polar surface area (TPSA) is 53.4 Å². The molecule has 70 valence electrons. The van der Waals surface area contributed by atoms with E-state index in [2.05, 4.69) is 0 Å². The van der Waals surface area contributed by atoms with E-state index in [4.69, 9.17) is 10.8 Å². The Morgan fingerprint density at radius 2 is 2.00 bits per heavy atom. The van der Waals surface area contributed by atoms with Gasteiger partial charge >= 0.3 is 0 Å². The minimum atomic E-state index is -0.206. The Bertz CT molecular complexity index is 299. The molecule has 1 heterocycles. The first-order valence-corrected chi connectivity index (χ1v) is 3.94. The highest BCUT2D eigenvalue weighted by atomic mass is 16.3. The maximum Gasteiger partial charge on any atom is 0.248 e. The zero-order valence-electron chi connectivity index (χ0n) is 7.81. The van der Waals surface area contributed by atoms with Gasteiger partial charge in [0.05, 0.1) is 0 Å². The van der Waals surface area contributed by atoms with E-state index < -0.39 is 0 Å². The number of rotatable bonds is 2. The Labute approximate surface area is 77.5 Å². The van der Waals surface area contributed by atoms with E-state index in [-0.39, 0.29) is 5.88 Å². The van der Waals surface area contributed by atoms with Gasteiger partial charge in [-0.15, -0.1) is 0 Å². The molecule has 0 amide bonds. The summed E-state index contributed by atoms with van der Waals surface area (Å²) < 4.78 is 1.68. The molecule has 0 aliphatic heterocycles. The third-order valence-corrected chi connectivity index (χ3v) is 1.63. The summed E-state index contributed by atoms with van der Waals surface area (Å²) in [5.41, 5.74) is 6.21. The molecule has 0 unspecified atom stereocenters. The van der Waals surface area contributed by atoms with Gasteiger partial charge in [0.2, 0.25) is 12.1 Å². The van der Waals surface area contributed by atoms with E-state index >= 15 is 0 Å². The molecule has 13 heavy (non-hydrogen) atoms. The van der Waals surface area contributed by atoms with Gasteiger partial charge in [-0.05, 0) is 0 Å². The molecule has 1 rings (SSSR count). The molecule has 0 atom stereocenters. The molecule has 1 aromatic heterocycles. The van der Waals surface area contributed by atoms with Crippen LogP contribution < -0.4 is 15.2 Å². The predicted molar refractivity (Wildman–Crippen MR) is 52.1 cm³/mol. The molecule has 3 N–H and O–H groups in total. The Morgan fingerprint density at radius 1 is 1.46 bits per heavy atom. The maximum atomic E-state index is 8.79. The largest absolute Gasteiger partial charge is 0.491 e. The lowest BCUT2D eigenvalue weighted by Gasteiger charge is -2.09. The van der Waals surface area contributed by atoms with Gasteiger partial charge in [-0.2, -0.15) is 4.57 Å². The summed E-state index contributed by atoms with van der Waals surface area (Å²) in [7, 11) is 3.94. The smallest absolute Gasteiger partial charge is 0.248 e. The van der Waals surface area contributed by atoms with Crippen LogP contribution in [0.15, 0.2) is 30.4 Å². The maximum absolute atomic E-state index is 8.79. The molecule has 0 bridgehead atoms. The number of hydrogen-bond acceptors (Lipinski definition) is 3. The van der Waals surface area contributed by atoms with Crippen LogP contribution in [0.1, 0.15) is 0 Å². The Morgan fingerprint density at radius 3 is 2.38 bits per heavy atom. The molecule has 4 nitrogen and oxygen atoms in total. The van der Waals surface area contributed by atoms with Crippen molar-refractivity contribution in [3.8, 4) is 0 Å². The van der Waals surface area contributed by atoms with E-state index in [0.29, 0.717) is 0 Å². The highest BCUT2D eigenvalue weighted by Crippen LogP contribution is 2.05. The van der Waals surface area contributed by atoms with Gasteiger partial charge in [0, 0.05) is 31.9 Å². The first-order chi connectivity index (χ1) is 6.09. The molecule has 0 spiro atoms. The van der Waals surface area contributed by atoms with Gasteiger partial charge in [-0.3, -0.25) is 0 Å². The van der Waals surface area contributed by atoms with Crippen LogP contribution in [0.25, 0.3) is 6.20 Å². The summed E-state index contributed by atoms with van der Waals surface area (Å²) >= 11 is 0. The number of anilines is 1. The lowest BCUT2D eigenvalue weighted by atomic mass is 10.4. The molecular formula is C9H14N3O+. The predicted octanol–water partition coefficient (Wildman–Crippen LogP) is 0.313. The SMILES string of the molecule is CN(C)c1cc[n+](/C=C(/N)O)cc1. The summed E-state index contributed by atoms with van der Waals surface area (Å²) in [5.74, 6) is -0.206. The minimum absolute atomic E-state index is 0.206. The molecule has 0 aliphatic carbocycles. The Hall–Kier alpha value is -1.71. The highest BCUT2D eigenvalue weighted by molar-refractivity contribution is 5.41. The Balaban J connectivity index is 2.88. The van der Waals surface area contributed by atoms with Gasteiger partial charge < -0.3 is 15.7 Å². The van der Waals surface area contributed by atoms with Crippen molar-refractivity contribution in [1.29, 1.82) is 0 Å². The fourth-order valence-corrected chi connectivity index (χ4v) is 0.967. The molecule has 0 aliphatic rings. The molecule has 0 saturated heterocycles. The van der Waals surface area contributed by atoms with Crippen LogP contribution in [0.4, 0.5) is 5.69 Å². The highest BCUT2D eigenvalue weighted by Gasteiger charge is 1.99. The third kappa shape index (κ3) is 2.66. The lowest BCUT2D eigenvalue weighted by molar-refractivity contribution is -0.569. The number of pyridine rings is 1. The number of aliphatic hydroxyl groups is 1. The van der Waals surface area contributed by atoms with Crippen LogP contribution in [-0.2, 0) is 0 Å². The number of aromatic nitrogens is 1. The first-order valence-electron chi connectivity index (χ1n) is 3.94. The summed E-state index contributed by atoms with van der Waals surface area (Å²) in [5, 5.41) is 8.79. The summed E-state index contributed by atoms with van der Waals surface area (Å²) in [6.07, 6.45) is 5.07. The molecule has 1 aromatic rings. The monoisotopic (exact) mass is 180 g/mol. The summed E-state index contributed by atoms with van der Waals surface area (Å²) in [6, 6.07) is 3.86. The van der Waals surface area contributed by atoms with Crippen molar-refractivity contribution >= 4 is 11.9 Å². The van der Waals surface area contributed by atoms with Gasteiger partial charge in [0.15, 0.2) is 12.4 Å². The van der Waals surface area contributed by atoms with E-state index in [1.54, 1.807) is 4.57 Å². The second kappa shape index (κ2) is 3.80. The molecule has 0 radical (unpaired) electrons. The van der Waals surface area contributed by atoms with E-state index in [9.17, 15) is 0 Å². The number of aliphatic hydroxyl groups excluding tert-OH is 1. The second-order valence-electron chi connectivity index (χ2n) is 2.95. The fraction of sp³-hybridized carbons (Fsp3) is 0.222. The van der Waals surface area contributed by atoms with E-state index in [0.717, 1.165) is 5.69 Å². The van der Waals surface area contributed by atoms with Gasteiger partial charge in [-0.1, -0.05) is 0 Å². The number of nitrogens with two attached hydrogens (primary N) is 1. The van der Waals surface area contributed by atoms with E-state index in [1.807, 2.05) is 43.5 Å². The lowest BCUT2D eigenvalue weighted by Crippen LogP contribution is -2.27. The zero-order chi connectivity index (χ0) is 9.84. The van der Waals surface area contributed by atoms with Crippen LogP contribution in [0, 0.1) is 0 Å². The normalized spacial score (nSPS) is 11.4. The van der Waals surface area contributed by atoms with Crippen molar-refractivity contribution < 1.29 is 9.67 Å². The van der Waals surface area contributed by atoms with Crippen molar-refractivity contribution in [2.45, 2.75) is 0 Å². The molecule has 4 heteroatoms. The summed E-state index contributed by atoms with van der Waals surface area (Å²) in [4.78, 5) is 2.00. The molecule has 0 aromatic carbocycles. The minimum Gasteiger partial charge on any atom is -0.491 e. The quantitative estimate of drug-likeness (QED) is 0.509. The van der Waals surface area contributed by atoms with Gasteiger partial charge in [-0.25, -0.2) is 0 Å². The number of nitrogens with zero attached hydrogens (tertiary/aromatic N) is 2. The van der Waals surface area contributed by atoms with Crippen molar-refractivity contribution in [2.75, 3.05) is 19.0 Å². The van der Waals surface area contributed by atoms with E-state index in [1.165, 1.54) is 6.20 Å². The average molecular weight is 180 g/mol. The molecule has 0 fully saturated rings. The van der Waals surface area contributed by atoms with Gasteiger partial charge in [0.25, 0.3) is 0 Å². The van der Waals surface area contributed by atoms with Crippen molar-refractivity contribution in [1.82, 2.24) is 0 Å². The van der Waals surface area contributed by atoms with Crippen LogP contribution in [0.3, 0.4) is 0 Å².